The molecule has 5 aromatic heterocycles. The molecule has 3 aromatic carbocycles. The molecule has 6 heterocycles. The number of benzene rings is 3. The Labute approximate surface area is 790 Å². The number of ketones is 2. The number of aromatic amines is 3. The van der Waals surface area contributed by atoms with Crippen LogP contribution in [-0.4, -0.2) is 263 Å². The molecular weight excluding hydrogens is 1800 g/mol. The fraction of sp³-hybridized carbons (Fsp3) is 0.467. The number of aliphatic carboxylic acids is 2. The van der Waals surface area contributed by atoms with Gasteiger partial charge >= 0.3 is 11.9 Å². The quantitative estimate of drug-likeness (QED) is 0.0138. The summed E-state index contributed by atoms with van der Waals surface area (Å²) in [4.78, 5) is 269. The number of aliphatic hydroxyl groups excluding tert-OH is 2. The first-order valence-electron chi connectivity index (χ1n) is 45.1. The fourth-order valence-corrected chi connectivity index (χ4v) is 14.9. The highest BCUT2D eigenvalue weighted by atomic mass is 16.6. The van der Waals surface area contributed by atoms with Crippen molar-refractivity contribution < 1.29 is 102 Å². The normalized spacial score (nSPS) is 18.2. The van der Waals surface area contributed by atoms with E-state index in [0.717, 1.165) is 18.1 Å². The summed E-state index contributed by atoms with van der Waals surface area (Å²) in [5, 5.41) is 84.7. The van der Waals surface area contributed by atoms with Crippen LogP contribution >= 0.6 is 0 Å². The second kappa shape index (κ2) is 54.4. The van der Waals surface area contributed by atoms with E-state index in [4.69, 9.17) is 11.6 Å². The van der Waals surface area contributed by atoms with Gasteiger partial charge in [-0.1, -0.05) is 71.8 Å². The minimum Gasteiger partial charge on any atom is -0.480 e. The third-order valence-corrected chi connectivity index (χ3v) is 22.5. The third kappa shape index (κ3) is 35.2. The van der Waals surface area contributed by atoms with E-state index < -0.39 is 231 Å². The molecule has 0 radical (unpaired) electrons. The maximum Gasteiger partial charge on any atom is 0.326 e. The smallest absolute Gasteiger partial charge is 0.326 e. The van der Waals surface area contributed by atoms with Crippen molar-refractivity contribution in [1.29, 1.82) is 0 Å². The molecule has 48 nitrogen and oxygen atoms in total. The summed E-state index contributed by atoms with van der Waals surface area (Å²) in [6.07, 6.45) is 4.99. The van der Waals surface area contributed by atoms with Gasteiger partial charge in [0.2, 0.25) is 70.9 Å². The number of fused-ring (bicyclic) bond motifs is 3. The van der Waals surface area contributed by atoms with Crippen LogP contribution < -0.4 is 86.3 Å². The van der Waals surface area contributed by atoms with Crippen molar-refractivity contribution in [2.45, 2.75) is 223 Å². The van der Waals surface area contributed by atoms with Crippen molar-refractivity contribution in [3.8, 4) is 0 Å². The SMILES string of the molecule is Cc1ccc(CCCC(=O)NCCCC[C@H](CC(=O)[C@@H]2CCCCn3cc(nn3)C[C@H](NC(=O)CC[C@H](NC(=O)c3ccc(NCc4cnc5nc(N)[nH]c(=O)c5n4)cc3)C(=O)O)C(=O)N[C@H](Cc3cnc[nH]3)C(=O)N[C@H](CO)C(=O)N[C@H](Cc3cnc[nH]3)C(=O)N[C@H]([C@H](C)O)C(=O)N[C@H](C)C(=O)N2)C(=O)NCC(=O)C[C@@H](Cc2ccccc2)C(=O)N[C@@H](CCCCNC(=O)CON)C(=O)O)cc1. The Balaban J connectivity index is 0.957. The number of carboxylic acid groups (broad SMARTS) is 2. The van der Waals surface area contributed by atoms with Crippen molar-refractivity contribution >= 4 is 117 Å². The molecule has 740 valence electrons. The van der Waals surface area contributed by atoms with Crippen LogP contribution in [-0.2, 0) is 122 Å². The second-order valence-electron chi connectivity index (χ2n) is 33.5. The van der Waals surface area contributed by atoms with Crippen molar-refractivity contribution in [3.63, 3.8) is 0 Å². The number of H-pyrrole nitrogens is 3. The number of nitrogens with zero attached hydrogens (tertiary/aromatic N) is 8. The van der Waals surface area contributed by atoms with Gasteiger partial charge in [-0.25, -0.2) is 35.4 Å². The highest BCUT2D eigenvalue weighted by Crippen LogP contribution is 2.22. The number of amides is 12. The monoisotopic (exact) mass is 1910 g/mol. The molecule has 2 bridgehead atoms. The lowest BCUT2D eigenvalue weighted by Crippen LogP contribution is -2.62. The highest BCUT2D eigenvalue weighted by molar-refractivity contribution is 6.00. The van der Waals surface area contributed by atoms with E-state index in [1.54, 1.807) is 30.3 Å². The second-order valence-corrected chi connectivity index (χ2v) is 33.5. The van der Waals surface area contributed by atoms with Crippen LogP contribution in [0.3, 0.4) is 0 Å². The zero-order chi connectivity index (χ0) is 99.7. The number of hydrogen-bond donors (Lipinski definition) is 22. The largest absolute Gasteiger partial charge is 0.480 e. The minimum absolute atomic E-state index is 0.00759. The van der Waals surface area contributed by atoms with E-state index in [1.165, 1.54) is 73.3 Å². The summed E-state index contributed by atoms with van der Waals surface area (Å²) in [6.45, 7) is 2.52. The standard InChI is InChI=1S/C90H118N26O22/c1-50-21-23-53(24-22-50)16-13-20-72(121)95-31-10-7-17-56(79(125)99-44-63(119)35-57(34-54-14-5-4-6-15-54)81(127)106-65(88(134)135)19-8-11-32-96-74(123)47-138-92)36-71(120)64-18-9-12-33-116-45-61(114-115-116)39-67(104-73(122)30-29-66(89(136)137)107-80(126)55-25-27-58(28-26-55)97-42-62-43-98-77-76(103-62)87(133)113-90(91)112-77)82(128)108-68(37-59-40-93-48-100-59)83(129)110-70(46-117)85(131)109-69(38-60-41-94-49-101-60)84(130)111-75(52(3)118)86(132)102-51(2)78(124)105-64/h4-6,14-15,21-28,40-41,43,45,48-49,51-52,56-57,64-70,75,97,117-118H,7-13,16-20,29-39,42,44,46-47,92H2,1-3H3,(H,93,100)(H,94,101)(H,95,121)(H,96,123)(H,99,125)(H,102,132)(H,104,122)(H,105,124)(H,106,127)(H,107,126)(H,108,128)(H,109,131)(H,110,129)(H,111,130)(H,134,135)(H,136,137)(H3,91,98,112,113,133)/t51-,52+,56-,57-,64+,65+,66+,67+,68-,69-,70-,75-/m1/s1. The summed E-state index contributed by atoms with van der Waals surface area (Å²) in [6, 6.07) is 7.22. The summed E-state index contributed by atoms with van der Waals surface area (Å²) in [5.41, 5.74) is 9.11. The molecule has 12 amide bonds. The van der Waals surface area contributed by atoms with Crippen LogP contribution in [0.15, 0.2) is 121 Å². The predicted octanol–water partition coefficient (Wildman–Crippen LogP) is -2.52. The first-order valence-corrected chi connectivity index (χ1v) is 45.1. The van der Waals surface area contributed by atoms with Gasteiger partial charge in [0.1, 0.15) is 54.9 Å². The Morgan fingerprint density at radius 1 is 0.630 bits per heavy atom. The number of hydrogen-bond acceptors (Lipinski definition) is 30. The molecule has 0 fully saturated rings. The number of unbranched alkanes of at least 4 members (excludes halogenated alkanes) is 2. The van der Waals surface area contributed by atoms with Gasteiger partial charge in [0, 0.05) is 118 Å². The number of nitrogens with one attached hydrogen (secondary N) is 16. The number of rotatable bonds is 45. The van der Waals surface area contributed by atoms with Gasteiger partial charge in [-0.3, -0.25) is 86.4 Å². The summed E-state index contributed by atoms with van der Waals surface area (Å²) in [7, 11) is 0. The molecule has 24 N–H and O–H groups in total. The highest BCUT2D eigenvalue weighted by Gasteiger charge is 2.38. The number of aromatic nitrogens is 11. The number of Topliss-reactive ketones (excluding diaryl/α,β-unsaturated/α-hetero) is 2. The van der Waals surface area contributed by atoms with E-state index in [2.05, 4.69) is 124 Å². The Kier molecular flexibility index (Phi) is 42.0. The number of carbonyl (C=O) groups excluding carboxylic acids is 14. The van der Waals surface area contributed by atoms with Gasteiger partial charge in [0.25, 0.3) is 11.5 Å². The van der Waals surface area contributed by atoms with Crippen molar-refractivity contribution in [3.05, 3.63) is 172 Å². The zero-order valence-electron chi connectivity index (χ0n) is 76.4. The molecule has 9 rings (SSSR count). The van der Waals surface area contributed by atoms with Gasteiger partial charge in [-0.2, -0.15) is 4.98 Å². The van der Waals surface area contributed by atoms with Crippen LogP contribution in [0.2, 0.25) is 0 Å². The average Bonchev–Trinajstić information content (AvgIpc) is 1.09. The van der Waals surface area contributed by atoms with Crippen LogP contribution in [0, 0.1) is 18.8 Å². The number of aryl methyl sites for hydroxylation is 3. The Morgan fingerprint density at radius 3 is 1.93 bits per heavy atom. The van der Waals surface area contributed by atoms with E-state index in [0.29, 0.717) is 42.6 Å². The van der Waals surface area contributed by atoms with Crippen LogP contribution in [0.5, 0.6) is 0 Å². The molecule has 1 aliphatic heterocycles. The average molecular weight is 1920 g/mol. The third-order valence-electron chi connectivity index (χ3n) is 22.5. The van der Waals surface area contributed by atoms with Crippen molar-refractivity contribution in [2.75, 3.05) is 43.9 Å². The molecular formula is C90H118N26O22. The van der Waals surface area contributed by atoms with E-state index in [1.807, 2.05) is 31.2 Å². The van der Waals surface area contributed by atoms with Crippen LogP contribution in [0.4, 0.5) is 11.6 Å². The van der Waals surface area contributed by atoms with Gasteiger partial charge in [0.05, 0.1) is 62.1 Å². The Bertz CT molecular complexity index is 5530. The van der Waals surface area contributed by atoms with Gasteiger partial charge < -0.3 is 105 Å². The molecule has 138 heavy (non-hydrogen) atoms. The number of aliphatic hydroxyl groups is 2. The first-order chi connectivity index (χ1) is 66.2. The molecule has 12 atom stereocenters. The summed E-state index contributed by atoms with van der Waals surface area (Å²) >= 11 is 0. The zero-order valence-corrected chi connectivity index (χ0v) is 76.4. The molecule has 0 unspecified atom stereocenters. The lowest BCUT2D eigenvalue weighted by atomic mass is 9.90. The molecule has 48 heteroatoms. The number of carboxylic acids is 2. The van der Waals surface area contributed by atoms with Gasteiger partial charge in [-0.05, 0) is 133 Å². The number of anilines is 2. The van der Waals surface area contributed by atoms with Crippen LogP contribution in [0.1, 0.15) is 160 Å². The van der Waals surface area contributed by atoms with Crippen LogP contribution in [0.25, 0.3) is 11.2 Å². The maximum atomic E-state index is 15.2. The number of nitrogens with two attached hydrogens (primary N) is 2. The number of imidazole rings is 2. The number of nitrogen functional groups attached to an aromatic ring is 1. The Hall–Kier alpha value is -15.2. The molecule has 8 aromatic rings. The lowest BCUT2D eigenvalue weighted by molar-refractivity contribution is -0.143. The number of carbonyl (C=O) groups is 16. The van der Waals surface area contributed by atoms with Gasteiger partial charge in [-0.15, -0.1) is 5.10 Å². The summed E-state index contributed by atoms with van der Waals surface area (Å²) < 4.78 is 1.34. The molecule has 0 aliphatic carbocycles. The molecule has 0 saturated carbocycles. The minimum atomic E-state index is -1.92. The van der Waals surface area contributed by atoms with Crippen molar-refractivity contribution in [1.82, 2.24) is 119 Å². The van der Waals surface area contributed by atoms with Crippen molar-refractivity contribution in [2.24, 2.45) is 17.7 Å². The maximum absolute atomic E-state index is 15.2. The topological polar surface area (TPSA) is 731 Å². The predicted molar refractivity (Wildman–Crippen MR) is 491 cm³/mol. The molecule has 0 spiro atoms. The van der Waals surface area contributed by atoms with E-state index in [-0.39, 0.29) is 130 Å². The van der Waals surface area contributed by atoms with E-state index >= 15 is 4.79 Å². The summed E-state index contributed by atoms with van der Waals surface area (Å²) in [5.74, 6) is -12.7. The Morgan fingerprint density at radius 2 is 1.28 bits per heavy atom. The van der Waals surface area contributed by atoms with Gasteiger partial charge in [0.15, 0.2) is 22.7 Å². The molecule has 0 saturated heterocycles. The molecule has 1 aliphatic rings. The fourth-order valence-electron chi connectivity index (χ4n) is 14.9. The van der Waals surface area contributed by atoms with E-state index in [9.17, 15) is 97.1 Å². The lowest BCUT2D eigenvalue weighted by Gasteiger charge is -2.28. The first kappa shape index (κ1) is 106.